The summed E-state index contributed by atoms with van der Waals surface area (Å²) in [5, 5.41) is 9.01. The normalized spacial score (nSPS) is 18.4. The van der Waals surface area contributed by atoms with E-state index in [9.17, 15) is 18.0 Å². The molecule has 194 valence electrons. The van der Waals surface area contributed by atoms with Crippen molar-refractivity contribution in [2.75, 3.05) is 45.6 Å². The highest BCUT2D eigenvalue weighted by molar-refractivity contribution is 7.92. The van der Waals surface area contributed by atoms with Gasteiger partial charge in [-0.3, -0.25) is 19.7 Å². The Labute approximate surface area is 211 Å². The molecule has 1 fully saturated rings. The lowest BCUT2D eigenvalue weighted by Crippen LogP contribution is -2.51. The van der Waals surface area contributed by atoms with Gasteiger partial charge in [0.2, 0.25) is 0 Å². The molecule has 2 aliphatic rings. The topological polar surface area (TPSA) is 116 Å². The number of amides is 2. The number of hydrogen-bond acceptors (Lipinski definition) is 7. The van der Waals surface area contributed by atoms with Gasteiger partial charge in [-0.25, -0.2) is 13.9 Å². The summed E-state index contributed by atoms with van der Waals surface area (Å²) in [5.41, 5.74) is 6.35. The van der Waals surface area contributed by atoms with Crippen molar-refractivity contribution in [3.05, 3.63) is 59.2 Å². The Hall–Kier alpha value is -2.79. The predicted octanol–water partition coefficient (Wildman–Crippen LogP) is 1.88. The second kappa shape index (κ2) is 10.7. The Morgan fingerprint density at radius 3 is 2.39 bits per heavy atom. The standard InChI is InChI=1S/C26H33N3O6S/c1-26(25(31)27-32,36(2,33)34)10-12-29-11-9-22-17-21(7-8-23(22)24(29)30)20-5-3-19(4-6-20)18-28-13-15-35-16-14-28/h3-8,17,32H,9-16,18H2,1-2H3,(H,27,31)/t26-/m0/s1. The number of ether oxygens (including phenoxy) is 1. The molecule has 1 saturated heterocycles. The Morgan fingerprint density at radius 2 is 1.75 bits per heavy atom. The number of nitrogens with zero attached hydrogens (tertiary/aromatic N) is 2. The Kier molecular flexibility index (Phi) is 7.79. The zero-order valence-corrected chi connectivity index (χ0v) is 21.5. The number of benzene rings is 2. The number of morpholine rings is 1. The summed E-state index contributed by atoms with van der Waals surface area (Å²) in [6.07, 6.45) is 1.46. The second-order valence-corrected chi connectivity index (χ2v) is 12.1. The molecule has 0 spiro atoms. The molecule has 0 radical (unpaired) electrons. The van der Waals surface area contributed by atoms with Crippen molar-refractivity contribution in [3.8, 4) is 11.1 Å². The van der Waals surface area contributed by atoms with Crippen LogP contribution >= 0.6 is 0 Å². The van der Waals surface area contributed by atoms with Gasteiger partial charge in [0.05, 0.1) is 13.2 Å². The van der Waals surface area contributed by atoms with E-state index in [1.54, 1.807) is 4.90 Å². The number of nitrogens with one attached hydrogen (secondary N) is 1. The summed E-state index contributed by atoms with van der Waals surface area (Å²) in [6, 6.07) is 14.3. The lowest BCUT2D eigenvalue weighted by Gasteiger charge is -2.32. The van der Waals surface area contributed by atoms with Crippen LogP contribution in [0, 0.1) is 0 Å². The molecule has 0 aromatic heterocycles. The molecule has 2 amide bonds. The van der Waals surface area contributed by atoms with E-state index in [4.69, 9.17) is 9.94 Å². The van der Waals surface area contributed by atoms with Gasteiger partial charge in [-0.05, 0) is 48.1 Å². The number of hydrogen-bond donors (Lipinski definition) is 2. The van der Waals surface area contributed by atoms with Crippen molar-refractivity contribution < 1.29 is 28.0 Å². The third kappa shape index (κ3) is 5.46. The lowest BCUT2D eigenvalue weighted by atomic mass is 9.93. The molecule has 2 aromatic rings. The van der Waals surface area contributed by atoms with Gasteiger partial charge in [-0.15, -0.1) is 0 Å². The quantitative estimate of drug-likeness (QED) is 0.407. The van der Waals surface area contributed by atoms with Gasteiger partial charge in [0, 0.05) is 44.5 Å². The van der Waals surface area contributed by atoms with Gasteiger partial charge in [0.15, 0.2) is 14.6 Å². The van der Waals surface area contributed by atoms with E-state index in [0.29, 0.717) is 18.5 Å². The molecule has 0 aliphatic carbocycles. The number of carbonyl (C=O) groups is 2. The molecule has 0 bridgehead atoms. The lowest BCUT2D eigenvalue weighted by molar-refractivity contribution is -0.131. The molecule has 0 unspecified atom stereocenters. The predicted molar refractivity (Wildman–Crippen MR) is 135 cm³/mol. The number of sulfone groups is 1. The minimum atomic E-state index is -3.82. The first-order valence-corrected chi connectivity index (χ1v) is 14.0. The average molecular weight is 516 g/mol. The Balaban J connectivity index is 1.44. The molecule has 36 heavy (non-hydrogen) atoms. The highest BCUT2D eigenvalue weighted by atomic mass is 32.2. The van der Waals surface area contributed by atoms with E-state index in [-0.39, 0.29) is 18.9 Å². The maximum absolute atomic E-state index is 13.1. The summed E-state index contributed by atoms with van der Waals surface area (Å²) in [7, 11) is -3.82. The van der Waals surface area contributed by atoms with Gasteiger partial charge in [0.25, 0.3) is 11.8 Å². The maximum atomic E-state index is 13.1. The van der Waals surface area contributed by atoms with Crippen LogP contribution in [-0.2, 0) is 32.3 Å². The van der Waals surface area contributed by atoms with E-state index in [2.05, 4.69) is 29.2 Å². The van der Waals surface area contributed by atoms with Crippen molar-refractivity contribution in [2.45, 2.75) is 31.1 Å². The fraction of sp³-hybridized carbons (Fsp3) is 0.462. The first-order chi connectivity index (χ1) is 17.1. The van der Waals surface area contributed by atoms with Crippen molar-refractivity contribution in [1.29, 1.82) is 0 Å². The fourth-order valence-electron chi connectivity index (χ4n) is 4.68. The van der Waals surface area contributed by atoms with Crippen LogP contribution < -0.4 is 5.48 Å². The van der Waals surface area contributed by atoms with Crippen LogP contribution in [0.2, 0.25) is 0 Å². The van der Waals surface area contributed by atoms with Gasteiger partial charge >= 0.3 is 0 Å². The third-order valence-electron chi connectivity index (χ3n) is 7.33. The van der Waals surface area contributed by atoms with Crippen molar-refractivity contribution >= 4 is 21.7 Å². The number of carbonyl (C=O) groups excluding carboxylic acids is 2. The number of rotatable bonds is 8. The number of hydroxylamine groups is 1. The van der Waals surface area contributed by atoms with Gasteiger partial charge in [-0.1, -0.05) is 36.4 Å². The van der Waals surface area contributed by atoms with E-state index in [0.717, 1.165) is 55.8 Å². The van der Waals surface area contributed by atoms with Crippen LogP contribution in [0.15, 0.2) is 42.5 Å². The zero-order valence-electron chi connectivity index (χ0n) is 20.7. The molecule has 2 aromatic carbocycles. The molecular formula is C26H33N3O6S. The van der Waals surface area contributed by atoms with Gasteiger partial charge < -0.3 is 9.64 Å². The minimum Gasteiger partial charge on any atom is -0.379 e. The van der Waals surface area contributed by atoms with Crippen LogP contribution in [0.5, 0.6) is 0 Å². The molecule has 2 aliphatic heterocycles. The Bertz CT molecular complexity index is 1220. The molecule has 1 atom stereocenters. The van der Waals surface area contributed by atoms with Crippen molar-refractivity contribution in [3.63, 3.8) is 0 Å². The van der Waals surface area contributed by atoms with Crippen LogP contribution in [0.3, 0.4) is 0 Å². The highest BCUT2D eigenvalue weighted by Gasteiger charge is 2.44. The maximum Gasteiger partial charge on any atom is 0.264 e. The molecule has 2 heterocycles. The van der Waals surface area contributed by atoms with Crippen LogP contribution in [0.1, 0.15) is 34.8 Å². The fourth-order valence-corrected chi connectivity index (χ4v) is 5.53. The SMILES string of the molecule is C[C@](CCN1CCc2cc(-c3ccc(CN4CCOCC4)cc3)ccc2C1=O)(C(=O)NO)S(C)(=O)=O. The van der Waals surface area contributed by atoms with Crippen LogP contribution in [0.4, 0.5) is 0 Å². The van der Waals surface area contributed by atoms with Gasteiger partial charge in [0.1, 0.15) is 0 Å². The molecule has 10 heteroatoms. The number of fused-ring (bicyclic) bond motifs is 1. The van der Waals surface area contributed by atoms with E-state index in [1.807, 2.05) is 18.2 Å². The Morgan fingerprint density at radius 1 is 1.08 bits per heavy atom. The summed E-state index contributed by atoms with van der Waals surface area (Å²) in [6.45, 7) is 6.11. The van der Waals surface area contributed by atoms with Crippen molar-refractivity contribution in [1.82, 2.24) is 15.3 Å². The first kappa shape index (κ1) is 26.3. The first-order valence-electron chi connectivity index (χ1n) is 12.1. The summed E-state index contributed by atoms with van der Waals surface area (Å²) in [5.74, 6) is -1.20. The minimum absolute atomic E-state index is 0.0849. The summed E-state index contributed by atoms with van der Waals surface area (Å²) >= 11 is 0. The average Bonchev–Trinajstić information content (AvgIpc) is 2.88. The smallest absolute Gasteiger partial charge is 0.264 e. The molecular weight excluding hydrogens is 482 g/mol. The molecule has 4 rings (SSSR count). The largest absolute Gasteiger partial charge is 0.379 e. The van der Waals surface area contributed by atoms with E-state index in [1.165, 1.54) is 18.0 Å². The van der Waals surface area contributed by atoms with E-state index < -0.39 is 20.5 Å². The highest BCUT2D eigenvalue weighted by Crippen LogP contribution is 2.28. The monoisotopic (exact) mass is 515 g/mol. The molecule has 2 N–H and O–H groups in total. The summed E-state index contributed by atoms with van der Waals surface area (Å²) < 4.78 is 28.0. The molecule has 0 saturated carbocycles. The molecule has 9 nitrogen and oxygen atoms in total. The third-order valence-corrected chi connectivity index (χ3v) is 9.36. The van der Waals surface area contributed by atoms with Crippen LogP contribution in [0.25, 0.3) is 11.1 Å². The van der Waals surface area contributed by atoms with Gasteiger partial charge in [-0.2, -0.15) is 0 Å². The van der Waals surface area contributed by atoms with Crippen LogP contribution in [-0.4, -0.2) is 85.6 Å². The second-order valence-electron chi connectivity index (χ2n) is 9.69. The zero-order chi connectivity index (χ0) is 25.9. The van der Waals surface area contributed by atoms with E-state index >= 15 is 0 Å². The van der Waals surface area contributed by atoms with Crippen molar-refractivity contribution in [2.24, 2.45) is 0 Å². The summed E-state index contributed by atoms with van der Waals surface area (Å²) in [4.78, 5) is 29.1.